The molecule has 0 amide bonds. The molecular formula is C12H15NO2. The van der Waals surface area contributed by atoms with Crippen LogP contribution in [0.5, 0.6) is 0 Å². The summed E-state index contributed by atoms with van der Waals surface area (Å²) in [4.78, 5) is 10.9. The highest BCUT2D eigenvalue weighted by atomic mass is 16.4. The standard InChI is InChI=1S/C12H15NO2/c1-7-9(11(13)8-5-6-8)3-2-4-10(7)12(14)15/h2-4,8,11H,5-6,13H2,1H3,(H,14,15)/t11-/m0/s1. The van der Waals surface area contributed by atoms with Crippen LogP contribution < -0.4 is 5.73 Å². The predicted molar refractivity (Wildman–Crippen MR) is 57.8 cm³/mol. The SMILES string of the molecule is Cc1c(C(=O)O)cccc1[C@@H](N)C1CC1. The molecule has 1 aliphatic carbocycles. The van der Waals surface area contributed by atoms with E-state index in [-0.39, 0.29) is 6.04 Å². The largest absolute Gasteiger partial charge is 0.478 e. The van der Waals surface area contributed by atoms with E-state index in [1.165, 1.54) is 0 Å². The third kappa shape index (κ3) is 1.88. The highest BCUT2D eigenvalue weighted by Gasteiger charge is 2.30. The number of aromatic carboxylic acids is 1. The Labute approximate surface area is 88.9 Å². The first kappa shape index (κ1) is 10.2. The lowest BCUT2D eigenvalue weighted by molar-refractivity contribution is 0.0696. The van der Waals surface area contributed by atoms with Gasteiger partial charge in [-0.1, -0.05) is 12.1 Å². The van der Waals surface area contributed by atoms with Crippen LogP contribution in [0.3, 0.4) is 0 Å². The van der Waals surface area contributed by atoms with Crippen molar-refractivity contribution in [1.29, 1.82) is 0 Å². The predicted octanol–water partition coefficient (Wildman–Crippen LogP) is 2.10. The molecule has 0 unspecified atom stereocenters. The smallest absolute Gasteiger partial charge is 0.335 e. The normalized spacial score (nSPS) is 17.5. The maximum absolute atomic E-state index is 10.9. The zero-order valence-corrected chi connectivity index (χ0v) is 8.73. The minimum Gasteiger partial charge on any atom is -0.478 e. The van der Waals surface area contributed by atoms with E-state index in [4.69, 9.17) is 10.8 Å². The van der Waals surface area contributed by atoms with E-state index in [1.807, 2.05) is 13.0 Å². The van der Waals surface area contributed by atoms with Crippen LogP contribution in [0, 0.1) is 12.8 Å². The fourth-order valence-corrected chi connectivity index (χ4v) is 1.96. The number of hydrogen-bond acceptors (Lipinski definition) is 2. The molecule has 1 fully saturated rings. The highest BCUT2D eigenvalue weighted by molar-refractivity contribution is 5.89. The van der Waals surface area contributed by atoms with Gasteiger partial charge >= 0.3 is 5.97 Å². The van der Waals surface area contributed by atoms with Gasteiger partial charge in [0.1, 0.15) is 0 Å². The van der Waals surface area contributed by atoms with Gasteiger partial charge in [0.2, 0.25) is 0 Å². The topological polar surface area (TPSA) is 63.3 Å². The van der Waals surface area contributed by atoms with Crippen molar-refractivity contribution in [3.8, 4) is 0 Å². The molecule has 0 heterocycles. The van der Waals surface area contributed by atoms with Gasteiger partial charge in [-0.15, -0.1) is 0 Å². The Morgan fingerprint density at radius 2 is 2.20 bits per heavy atom. The van der Waals surface area contributed by atoms with Crippen molar-refractivity contribution in [2.24, 2.45) is 11.7 Å². The molecule has 1 aromatic carbocycles. The zero-order chi connectivity index (χ0) is 11.0. The molecule has 1 aliphatic rings. The monoisotopic (exact) mass is 205 g/mol. The summed E-state index contributed by atoms with van der Waals surface area (Å²) in [5.41, 5.74) is 8.23. The molecular weight excluding hydrogens is 190 g/mol. The number of nitrogens with two attached hydrogens (primary N) is 1. The Hall–Kier alpha value is -1.35. The van der Waals surface area contributed by atoms with E-state index >= 15 is 0 Å². The van der Waals surface area contributed by atoms with Crippen molar-refractivity contribution in [3.63, 3.8) is 0 Å². The summed E-state index contributed by atoms with van der Waals surface area (Å²) in [6, 6.07) is 5.34. The lowest BCUT2D eigenvalue weighted by Gasteiger charge is -2.15. The number of benzene rings is 1. The first-order valence-corrected chi connectivity index (χ1v) is 5.19. The lowest BCUT2D eigenvalue weighted by Crippen LogP contribution is -2.15. The van der Waals surface area contributed by atoms with Gasteiger partial charge in [0.25, 0.3) is 0 Å². The van der Waals surface area contributed by atoms with Gasteiger partial charge in [-0.3, -0.25) is 0 Å². The summed E-state index contributed by atoms with van der Waals surface area (Å²) in [6.07, 6.45) is 2.33. The Morgan fingerprint density at radius 1 is 1.53 bits per heavy atom. The molecule has 80 valence electrons. The van der Waals surface area contributed by atoms with Crippen molar-refractivity contribution in [1.82, 2.24) is 0 Å². The molecule has 1 atom stereocenters. The number of carboxylic acids is 1. The van der Waals surface area contributed by atoms with Crippen LogP contribution in [-0.4, -0.2) is 11.1 Å². The molecule has 3 nitrogen and oxygen atoms in total. The molecule has 15 heavy (non-hydrogen) atoms. The summed E-state index contributed by atoms with van der Waals surface area (Å²) in [6.45, 7) is 1.83. The number of rotatable bonds is 3. The van der Waals surface area contributed by atoms with Gasteiger partial charge in [0, 0.05) is 6.04 Å². The maximum Gasteiger partial charge on any atom is 0.335 e. The molecule has 0 aromatic heterocycles. The summed E-state index contributed by atoms with van der Waals surface area (Å²) in [5, 5.41) is 8.99. The second-order valence-electron chi connectivity index (χ2n) is 4.19. The molecule has 0 saturated heterocycles. The molecule has 0 bridgehead atoms. The molecule has 0 spiro atoms. The average molecular weight is 205 g/mol. The first-order valence-electron chi connectivity index (χ1n) is 5.19. The summed E-state index contributed by atoms with van der Waals surface area (Å²) in [5.74, 6) is -0.329. The van der Waals surface area contributed by atoms with Gasteiger partial charge in [-0.25, -0.2) is 4.79 Å². The van der Waals surface area contributed by atoms with Crippen molar-refractivity contribution in [3.05, 3.63) is 34.9 Å². The minimum absolute atomic E-state index is 0.00398. The van der Waals surface area contributed by atoms with E-state index in [0.717, 1.165) is 24.0 Å². The number of hydrogen-bond donors (Lipinski definition) is 2. The van der Waals surface area contributed by atoms with E-state index < -0.39 is 5.97 Å². The first-order chi connectivity index (χ1) is 7.11. The van der Waals surface area contributed by atoms with Crippen LogP contribution in [-0.2, 0) is 0 Å². The van der Waals surface area contributed by atoms with Gasteiger partial charge in [-0.2, -0.15) is 0 Å². The van der Waals surface area contributed by atoms with Crippen molar-refractivity contribution < 1.29 is 9.90 Å². The second kappa shape index (κ2) is 3.66. The van der Waals surface area contributed by atoms with Crippen LogP contribution in [0.2, 0.25) is 0 Å². The number of carboxylic acid groups (broad SMARTS) is 1. The Balaban J connectivity index is 2.38. The van der Waals surface area contributed by atoms with Crippen molar-refractivity contribution in [2.75, 3.05) is 0 Å². The molecule has 1 aromatic rings. The van der Waals surface area contributed by atoms with Crippen LogP contribution in [0.4, 0.5) is 0 Å². The third-order valence-electron chi connectivity index (χ3n) is 3.10. The highest BCUT2D eigenvalue weighted by Crippen LogP contribution is 2.40. The van der Waals surface area contributed by atoms with Gasteiger partial charge < -0.3 is 10.8 Å². The quantitative estimate of drug-likeness (QED) is 0.794. The van der Waals surface area contributed by atoms with Crippen LogP contribution >= 0.6 is 0 Å². The van der Waals surface area contributed by atoms with Crippen LogP contribution in [0.1, 0.15) is 40.4 Å². The maximum atomic E-state index is 10.9. The molecule has 0 aliphatic heterocycles. The van der Waals surface area contributed by atoms with E-state index in [1.54, 1.807) is 12.1 Å². The molecule has 3 heteroatoms. The molecule has 0 radical (unpaired) electrons. The van der Waals surface area contributed by atoms with Crippen molar-refractivity contribution >= 4 is 5.97 Å². The Bertz CT molecular complexity index is 397. The molecule has 2 rings (SSSR count). The third-order valence-corrected chi connectivity index (χ3v) is 3.10. The lowest BCUT2D eigenvalue weighted by atomic mass is 9.95. The van der Waals surface area contributed by atoms with E-state index in [0.29, 0.717) is 11.5 Å². The van der Waals surface area contributed by atoms with Gasteiger partial charge in [-0.05, 0) is 42.9 Å². The summed E-state index contributed by atoms with van der Waals surface area (Å²) < 4.78 is 0. The van der Waals surface area contributed by atoms with Crippen LogP contribution in [0.25, 0.3) is 0 Å². The van der Waals surface area contributed by atoms with E-state index in [9.17, 15) is 4.79 Å². The second-order valence-corrected chi connectivity index (χ2v) is 4.19. The van der Waals surface area contributed by atoms with Crippen LogP contribution in [0.15, 0.2) is 18.2 Å². The fourth-order valence-electron chi connectivity index (χ4n) is 1.96. The van der Waals surface area contributed by atoms with Gasteiger partial charge in [0.05, 0.1) is 5.56 Å². The van der Waals surface area contributed by atoms with E-state index in [2.05, 4.69) is 0 Å². The molecule has 1 saturated carbocycles. The zero-order valence-electron chi connectivity index (χ0n) is 8.73. The molecule has 3 N–H and O–H groups in total. The van der Waals surface area contributed by atoms with Crippen molar-refractivity contribution in [2.45, 2.75) is 25.8 Å². The summed E-state index contributed by atoms with van der Waals surface area (Å²) >= 11 is 0. The Kier molecular flexibility index (Phi) is 2.49. The average Bonchev–Trinajstić information content (AvgIpc) is 3.00. The van der Waals surface area contributed by atoms with Gasteiger partial charge in [0.15, 0.2) is 0 Å². The minimum atomic E-state index is -0.877. The summed E-state index contributed by atoms with van der Waals surface area (Å²) in [7, 11) is 0. The fraction of sp³-hybridized carbons (Fsp3) is 0.417. The Morgan fingerprint density at radius 3 is 2.73 bits per heavy atom. The number of carbonyl (C=O) groups is 1.